The van der Waals surface area contributed by atoms with Crippen molar-refractivity contribution in [3.63, 3.8) is 0 Å². The molecule has 0 aliphatic carbocycles. The summed E-state index contributed by atoms with van der Waals surface area (Å²) in [5, 5.41) is 8.67. The molecule has 0 radical (unpaired) electrons. The van der Waals surface area contributed by atoms with Gasteiger partial charge in [0.2, 0.25) is 11.8 Å². The van der Waals surface area contributed by atoms with E-state index in [-0.39, 0.29) is 24.2 Å². The maximum absolute atomic E-state index is 13.1. The molecule has 164 valence electrons. The number of piperazine rings is 1. The summed E-state index contributed by atoms with van der Waals surface area (Å²) in [5.41, 5.74) is 0.825. The topological polar surface area (TPSA) is 74.6 Å². The molecule has 0 spiro atoms. The standard InChI is InChI=1S/C23H23BrN6O2/c24-18-4-3-5-19(15-18)30-16-17(14-22(30)31)23(32)29-12-10-28(11-13-29)21-7-6-20(25-26-21)27-8-1-2-9-27/h1-9,15,17H,10-14,16H2. The van der Waals surface area contributed by atoms with E-state index in [9.17, 15) is 9.59 Å². The van der Waals surface area contributed by atoms with Gasteiger partial charge in [-0.1, -0.05) is 22.0 Å². The molecule has 1 aromatic carbocycles. The van der Waals surface area contributed by atoms with Crippen LogP contribution in [0.1, 0.15) is 6.42 Å². The second-order valence-electron chi connectivity index (χ2n) is 8.04. The van der Waals surface area contributed by atoms with Crippen LogP contribution >= 0.6 is 15.9 Å². The normalized spacial score (nSPS) is 19.0. The molecule has 2 amide bonds. The lowest BCUT2D eigenvalue weighted by Gasteiger charge is -2.36. The molecule has 0 bridgehead atoms. The molecular weight excluding hydrogens is 472 g/mol. The summed E-state index contributed by atoms with van der Waals surface area (Å²) < 4.78 is 2.83. The zero-order valence-corrected chi connectivity index (χ0v) is 19.1. The van der Waals surface area contributed by atoms with E-state index in [4.69, 9.17) is 0 Å². The molecule has 2 fully saturated rings. The van der Waals surface area contributed by atoms with Gasteiger partial charge in [0.05, 0.1) is 5.92 Å². The van der Waals surface area contributed by atoms with Crippen molar-refractivity contribution in [2.45, 2.75) is 6.42 Å². The first-order chi connectivity index (χ1) is 15.6. The first kappa shape index (κ1) is 20.7. The van der Waals surface area contributed by atoms with Gasteiger partial charge in [-0.2, -0.15) is 0 Å². The van der Waals surface area contributed by atoms with Gasteiger partial charge in [-0.05, 0) is 42.5 Å². The zero-order valence-electron chi connectivity index (χ0n) is 17.5. The maximum Gasteiger partial charge on any atom is 0.228 e. The molecule has 2 aliphatic rings. The molecular formula is C23H23BrN6O2. The first-order valence-electron chi connectivity index (χ1n) is 10.7. The van der Waals surface area contributed by atoms with Crippen LogP contribution in [-0.2, 0) is 9.59 Å². The number of rotatable bonds is 4. The van der Waals surface area contributed by atoms with E-state index in [2.05, 4.69) is 31.0 Å². The number of carbonyl (C=O) groups excluding carboxylic acids is 2. The van der Waals surface area contributed by atoms with Gasteiger partial charge in [-0.25, -0.2) is 0 Å². The minimum absolute atomic E-state index is 0.00172. The van der Waals surface area contributed by atoms with Gasteiger partial charge in [0, 0.05) is 61.7 Å². The van der Waals surface area contributed by atoms with Crippen LogP contribution in [0.4, 0.5) is 11.5 Å². The molecule has 8 nitrogen and oxygen atoms in total. The van der Waals surface area contributed by atoms with Crippen molar-refractivity contribution in [2.24, 2.45) is 5.92 Å². The predicted molar refractivity (Wildman–Crippen MR) is 125 cm³/mol. The number of anilines is 2. The lowest BCUT2D eigenvalue weighted by atomic mass is 10.1. The molecule has 32 heavy (non-hydrogen) atoms. The highest BCUT2D eigenvalue weighted by atomic mass is 79.9. The number of hydrogen-bond donors (Lipinski definition) is 0. The van der Waals surface area contributed by atoms with Gasteiger partial charge in [-0.15, -0.1) is 10.2 Å². The van der Waals surface area contributed by atoms with Crippen molar-refractivity contribution in [1.29, 1.82) is 0 Å². The molecule has 4 heterocycles. The average molecular weight is 495 g/mol. The number of nitrogens with zero attached hydrogens (tertiary/aromatic N) is 6. The van der Waals surface area contributed by atoms with Gasteiger partial charge in [0.25, 0.3) is 0 Å². The Hall–Kier alpha value is -3.20. The van der Waals surface area contributed by atoms with Crippen molar-refractivity contribution in [3.05, 3.63) is 65.4 Å². The fourth-order valence-electron chi connectivity index (χ4n) is 4.29. The van der Waals surface area contributed by atoms with Crippen molar-refractivity contribution < 1.29 is 9.59 Å². The maximum atomic E-state index is 13.1. The van der Waals surface area contributed by atoms with Crippen molar-refractivity contribution in [2.75, 3.05) is 42.5 Å². The Kier molecular flexibility index (Phi) is 5.65. The van der Waals surface area contributed by atoms with Crippen molar-refractivity contribution in [3.8, 4) is 5.82 Å². The van der Waals surface area contributed by atoms with Crippen molar-refractivity contribution in [1.82, 2.24) is 19.7 Å². The Morgan fingerprint density at radius 2 is 1.66 bits per heavy atom. The Labute approximate surface area is 194 Å². The minimum atomic E-state index is -0.298. The molecule has 2 saturated heterocycles. The molecule has 5 rings (SSSR count). The third-order valence-corrected chi connectivity index (χ3v) is 6.51. The third-order valence-electron chi connectivity index (χ3n) is 6.01. The molecule has 2 aliphatic heterocycles. The highest BCUT2D eigenvalue weighted by Gasteiger charge is 2.38. The minimum Gasteiger partial charge on any atom is -0.352 e. The van der Waals surface area contributed by atoms with Crippen molar-refractivity contribution >= 4 is 39.2 Å². The van der Waals surface area contributed by atoms with E-state index in [0.29, 0.717) is 32.7 Å². The van der Waals surface area contributed by atoms with Crippen LogP contribution in [0.2, 0.25) is 0 Å². The van der Waals surface area contributed by atoms with Crippen LogP contribution in [0, 0.1) is 5.92 Å². The first-order valence-corrected chi connectivity index (χ1v) is 11.4. The van der Waals surface area contributed by atoms with Gasteiger partial charge in [0.1, 0.15) is 0 Å². The second-order valence-corrected chi connectivity index (χ2v) is 8.95. The molecule has 0 N–H and O–H groups in total. The highest BCUT2D eigenvalue weighted by molar-refractivity contribution is 9.10. The fourth-order valence-corrected chi connectivity index (χ4v) is 4.68. The Morgan fingerprint density at radius 3 is 2.34 bits per heavy atom. The summed E-state index contributed by atoms with van der Waals surface area (Å²) in [5.74, 6) is 1.34. The summed E-state index contributed by atoms with van der Waals surface area (Å²) in [7, 11) is 0. The molecule has 3 aromatic rings. The predicted octanol–water partition coefficient (Wildman–Crippen LogP) is 2.73. The number of halogens is 1. The Morgan fingerprint density at radius 1 is 0.938 bits per heavy atom. The molecule has 9 heteroatoms. The lowest BCUT2D eigenvalue weighted by Crippen LogP contribution is -2.51. The van der Waals surface area contributed by atoms with Crippen LogP contribution in [0.5, 0.6) is 0 Å². The van der Waals surface area contributed by atoms with E-state index in [1.165, 1.54) is 0 Å². The quantitative estimate of drug-likeness (QED) is 0.557. The van der Waals surface area contributed by atoms with E-state index >= 15 is 0 Å². The number of hydrogen-bond acceptors (Lipinski definition) is 5. The van der Waals surface area contributed by atoms with Crippen LogP contribution in [-0.4, -0.2) is 64.2 Å². The lowest BCUT2D eigenvalue weighted by molar-refractivity contribution is -0.136. The van der Waals surface area contributed by atoms with Gasteiger partial charge in [-0.3, -0.25) is 9.59 Å². The Balaban J connectivity index is 1.18. The number of carbonyl (C=O) groups is 2. The van der Waals surface area contributed by atoms with Crippen LogP contribution in [0.3, 0.4) is 0 Å². The fraction of sp³-hybridized carbons (Fsp3) is 0.304. The highest BCUT2D eigenvalue weighted by Crippen LogP contribution is 2.28. The van der Waals surface area contributed by atoms with Crippen LogP contribution < -0.4 is 9.80 Å². The zero-order chi connectivity index (χ0) is 22.1. The van der Waals surface area contributed by atoms with Gasteiger partial charge < -0.3 is 19.3 Å². The SMILES string of the molecule is O=C(C1CC(=O)N(c2cccc(Br)c2)C1)N1CCN(c2ccc(-n3cccc3)nn2)CC1. The molecule has 0 saturated carbocycles. The molecule has 1 unspecified atom stereocenters. The summed E-state index contributed by atoms with van der Waals surface area (Å²) in [6.07, 6.45) is 4.12. The Bertz CT molecular complexity index is 1110. The summed E-state index contributed by atoms with van der Waals surface area (Å²) >= 11 is 3.45. The number of aromatic nitrogens is 3. The summed E-state index contributed by atoms with van der Waals surface area (Å²) in [6, 6.07) is 15.4. The van der Waals surface area contributed by atoms with Crippen LogP contribution in [0.25, 0.3) is 5.82 Å². The van der Waals surface area contributed by atoms with E-state index < -0.39 is 0 Å². The van der Waals surface area contributed by atoms with Crippen LogP contribution in [0.15, 0.2) is 65.4 Å². The van der Waals surface area contributed by atoms with E-state index in [0.717, 1.165) is 21.8 Å². The van der Waals surface area contributed by atoms with E-state index in [1.807, 2.05) is 70.4 Å². The van der Waals surface area contributed by atoms with Gasteiger partial charge >= 0.3 is 0 Å². The third kappa shape index (κ3) is 4.12. The second kappa shape index (κ2) is 8.74. The number of benzene rings is 1. The summed E-state index contributed by atoms with van der Waals surface area (Å²) in [6.45, 7) is 3.04. The smallest absolute Gasteiger partial charge is 0.228 e. The average Bonchev–Trinajstić information content (AvgIpc) is 3.49. The molecule has 1 atom stereocenters. The van der Waals surface area contributed by atoms with Gasteiger partial charge in [0.15, 0.2) is 11.6 Å². The van der Waals surface area contributed by atoms with E-state index in [1.54, 1.807) is 4.90 Å². The molecule has 2 aromatic heterocycles. The number of amides is 2. The monoisotopic (exact) mass is 494 g/mol. The summed E-state index contributed by atoms with van der Waals surface area (Å²) in [4.78, 5) is 31.4. The largest absolute Gasteiger partial charge is 0.352 e.